The second-order valence-corrected chi connectivity index (χ2v) is 8.32. The van der Waals surface area contributed by atoms with Crippen molar-refractivity contribution in [3.05, 3.63) is 64.0 Å². The Bertz CT molecular complexity index is 1110. The van der Waals surface area contributed by atoms with Crippen LogP contribution in [0.3, 0.4) is 0 Å². The normalized spacial score (nSPS) is 14.2. The van der Waals surface area contributed by atoms with E-state index in [0.717, 1.165) is 17.0 Å². The minimum absolute atomic E-state index is 0.0637. The molecular formula is C23H24N4O4S. The largest absolute Gasteiger partial charge is 0.493 e. The Labute approximate surface area is 190 Å². The van der Waals surface area contributed by atoms with Gasteiger partial charge in [-0.2, -0.15) is 0 Å². The summed E-state index contributed by atoms with van der Waals surface area (Å²) in [6.07, 6.45) is 1.26. The van der Waals surface area contributed by atoms with Gasteiger partial charge in [0.15, 0.2) is 5.13 Å². The zero-order chi connectivity index (χ0) is 22.5. The molecule has 4 rings (SSSR count). The van der Waals surface area contributed by atoms with E-state index in [0.29, 0.717) is 43.4 Å². The van der Waals surface area contributed by atoms with E-state index in [1.807, 2.05) is 41.5 Å². The third-order valence-corrected chi connectivity index (χ3v) is 6.24. The lowest BCUT2D eigenvalue weighted by atomic mass is 9.95. The molecule has 1 aliphatic heterocycles. The fourth-order valence-corrected chi connectivity index (χ4v) is 4.60. The Morgan fingerprint density at radius 2 is 1.94 bits per heavy atom. The molecule has 166 valence electrons. The van der Waals surface area contributed by atoms with E-state index in [-0.39, 0.29) is 22.4 Å². The maximum atomic E-state index is 12.8. The van der Waals surface area contributed by atoms with Gasteiger partial charge in [-0.1, -0.05) is 24.3 Å². The monoisotopic (exact) mass is 452 g/mol. The number of carbonyl (C=O) groups is 1. The summed E-state index contributed by atoms with van der Waals surface area (Å²) < 4.78 is 5.68. The summed E-state index contributed by atoms with van der Waals surface area (Å²) in [6, 6.07) is 14.4. The molecular weight excluding hydrogens is 428 g/mol. The number of rotatable bonds is 7. The number of anilines is 2. The van der Waals surface area contributed by atoms with Crippen LogP contribution in [0.1, 0.15) is 19.8 Å². The molecule has 9 heteroatoms. The van der Waals surface area contributed by atoms with Gasteiger partial charge in [-0.05, 0) is 38.0 Å². The van der Waals surface area contributed by atoms with Crippen LogP contribution in [0.2, 0.25) is 0 Å². The first-order valence-electron chi connectivity index (χ1n) is 10.5. The molecule has 1 saturated heterocycles. The first-order chi connectivity index (χ1) is 15.6. The summed E-state index contributed by atoms with van der Waals surface area (Å²) in [5.74, 6) is 0.545. The van der Waals surface area contributed by atoms with E-state index in [2.05, 4.69) is 10.3 Å². The number of amides is 1. The predicted molar refractivity (Wildman–Crippen MR) is 125 cm³/mol. The number of benzene rings is 2. The standard InChI is InChI=1S/C23H24N4O4S/c1-2-31-21-10-6-3-7-17(21)18-15-32-23(24-18)25-22(28)16-11-13-26(14-12-16)19-8-4-5-9-20(19)27(29)30/h3-10,15-16H,2,11-14H2,1H3,(H,24,25,28). The maximum absolute atomic E-state index is 12.8. The van der Waals surface area contributed by atoms with Crippen LogP contribution >= 0.6 is 11.3 Å². The smallest absolute Gasteiger partial charge is 0.292 e. The summed E-state index contributed by atoms with van der Waals surface area (Å²) in [5.41, 5.74) is 2.36. The number of nitrogens with one attached hydrogen (secondary N) is 1. The summed E-state index contributed by atoms with van der Waals surface area (Å²) in [7, 11) is 0. The molecule has 1 N–H and O–H groups in total. The van der Waals surface area contributed by atoms with E-state index in [9.17, 15) is 14.9 Å². The zero-order valence-electron chi connectivity index (χ0n) is 17.7. The minimum atomic E-state index is -0.363. The predicted octanol–water partition coefficient (Wildman–Crippen LogP) is 4.97. The molecule has 0 bridgehead atoms. The molecule has 0 aliphatic carbocycles. The van der Waals surface area contributed by atoms with Crippen molar-refractivity contribution in [1.29, 1.82) is 0 Å². The number of thiazole rings is 1. The summed E-state index contributed by atoms with van der Waals surface area (Å²) in [5, 5.41) is 16.7. The van der Waals surface area contributed by atoms with E-state index in [4.69, 9.17) is 4.74 Å². The lowest BCUT2D eigenvalue weighted by molar-refractivity contribution is -0.384. The van der Waals surface area contributed by atoms with Crippen LogP contribution in [-0.4, -0.2) is 35.5 Å². The Hall–Kier alpha value is -3.46. The minimum Gasteiger partial charge on any atom is -0.493 e. The average molecular weight is 453 g/mol. The van der Waals surface area contributed by atoms with Crippen LogP contribution in [0.4, 0.5) is 16.5 Å². The fourth-order valence-electron chi connectivity index (χ4n) is 3.89. The second kappa shape index (κ2) is 9.78. The molecule has 2 heterocycles. The van der Waals surface area contributed by atoms with Crippen molar-refractivity contribution < 1.29 is 14.5 Å². The van der Waals surface area contributed by atoms with Gasteiger partial charge in [0.25, 0.3) is 5.69 Å². The van der Waals surface area contributed by atoms with Gasteiger partial charge in [0.05, 0.1) is 17.2 Å². The summed E-state index contributed by atoms with van der Waals surface area (Å²) in [4.78, 5) is 30.3. The number of nitro benzene ring substituents is 1. The highest BCUT2D eigenvalue weighted by atomic mass is 32.1. The topological polar surface area (TPSA) is 97.6 Å². The first kappa shape index (κ1) is 21.8. The number of hydrogen-bond acceptors (Lipinski definition) is 7. The Morgan fingerprint density at radius 1 is 1.22 bits per heavy atom. The van der Waals surface area contributed by atoms with Crippen LogP contribution in [-0.2, 0) is 4.79 Å². The average Bonchev–Trinajstić information content (AvgIpc) is 3.28. The van der Waals surface area contributed by atoms with Crippen molar-refractivity contribution in [3.8, 4) is 17.0 Å². The van der Waals surface area contributed by atoms with Crippen LogP contribution in [0.5, 0.6) is 5.75 Å². The lowest BCUT2D eigenvalue weighted by Crippen LogP contribution is -2.38. The quantitative estimate of drug-likeness (QED) is 0.401. The van der Waals surface area contributed by atoms with Gasteiger partial charge in [0, 0.05) is 36.0 Å². The Kier molecular flexibility index (Phi) is 6.65. The third-order valence-electron chi connectivity index (χ3n) is 5.48. The van der Waals surface area contributed by atoms with Crippen molar-refractivity contribution in [2.45, 2.75) is 19.8 Å². The maximum Gasteiger partial charge on any atom is 0.292 e. The van der Waals surface area contributed by atoms with Crippen molar-refractivity contribution in [1.82, 2.24) is 4.98 Å². The summed E-state index contributed by atoms with van der Waals surface area (Å²) >= 11 is 1.38. The van der Waals surface area contributed by atoms with Crippen LogP contribution < -0.4 is 15.0 Å². The molecule has 32 heavy (non-hydrogen) atoms. The van der Waals surface area contributed by atoms with Gasteiger partial charge in [-0.25, -0.2) is 4.98 Å². The molecule has 3 aromatic rings. The number of ether oxygens (including phenoxy) is 1. The van der Waals surface area contributed by atoms with E-state index < -0.39 is 0 Å². The molecule has 8 nitrogen and oxygen atoms in total. The Balaban J connectivity index is 1.38. The number of hydrogen-bond donors (Lipinski definition) is 1. The van der Waals surface area contributed by atoms with Crippen LogP contribution in [0.25, 0.3) is 11.3 Å². The zero-order valence-corrected chi connectivity index (χ0v) is 18.5. The molecule has 0 radical (unpaired) electrons. The van der Waals surface area contributed by atoms with Gasteiger partial charge in [0.2, 0.25) is 5.91 Å². The highest BCUT2D eigenvalue weighted by Gasteiger charge is 2.28. The van der Waals surface area contributed by atoms with Gasteiger partial charge < -0.3 is 15.0 Å². The number of carbonyl (C=O) groups excluding carboxylic acids is 1. The van der Waals surface area contributed by atoms with Crippen molar-refractivity contribution >= 4 is 33.8 Å². The molecule has 2 aromatic carbocycles. The van der Waals surface area contributed by atoms with E-state index in [1.165, 1.54) is 17.4 Å². The van der Waals surface area contributed by atoms with Gasteiger partial charge in [0.1, 0.15) is 11.4 Å². The molecule has 1 amide bonds. The SMILES string of the molecule is CCOc1ccccc1-c1csc(NC(=O)C2CCN(c3ccccc3[N+](=O)[O-])CC2)n1. The molecule has 0 spiro atoms. The number of nitro groups is 1. The van der Waals surface area contributed by atoms with Gasteiger partial charge in [-0.15, -0.1) is 11.3 Å². The third kappa shape index (κ3) is 4.72. The van der Waals surface area contributed by atoms with Crippen molar-refractivity contribution in [2.24, 2.45) is 5.92 Å². The molecule has 1 fully saturated rings. The highest BCUT2D eigenvalue weighted by Crippen LogP contribution is 2.34. The number of para-hydroxylation sites is 3. The molecule has 0 unspecified atom stereocenters. The highest BCUT2D eigenvalue weighted by molar-refractivity contribution is 7.14. The van der Waals surface area contributed by atoms with Crippen molar-refractivity contribution in [2.75, 3.05) is 29.9 Å². The van der Waals surface area contributed by atoms with Crippen LogP contribution in [0.15, 0.2) is 53.9 Å². The number of aromatic nitrogens is 1. The number of piperidine rings is 1. The fraction of sp³-hybridized carbons (Fsp3) is 0.304. The van der Waals surface area contributed by atoms with E-state index >= 15 is 0 Å². The lowest BCUT2D eigenvalue weighted by Gasteiger charge is -2.32. The summed E-state index contributed by atoms with van der Waals surface area (Å²) in [6.45, 7) is 3.68. The van der Waals surface area contributed by atoms with Gasteiger partial charge >= 0.3 is 0 Å². The second-order valence-electron chi connectivity index (χ2n) is 7.46. The van der Waals surface area contributed by atoms with E-state index in [1.54, 1.807) is 18.2 Å². The number of nitrogens with zero attached hydrogens (tertiary/aromatic N) is 3. The molecule has 0 saturated carbocycles. The van der Waals surface area contributed by atoms with Crippen molar-refractivity contribution in [3.63, 3.8) is 0 Å². The Morgan fingerprint density at radius 3 is 2.69 bits per heavy atom. The molecule has 1 aromatic heterocycles. The molecule has 1 aliphatic rings. The van der Waals surface area contributed by atoms with Crippen LogP contribution in [0, 0.1) is 16.0 Å². The first-order valence-corrected chi connectivity index (χ1v) is 11.4. The molecule has 0 atom stereocenters. The van der Waals surface area contributed by atoms with Gasteiger partial charge in [-0.3, -0.25) is 14.9 Å².